The second kappa shape index (κ2) is 40.0. The van der Waals surface area contributed by atoms with E-state index in [1.54, 1.807) is 37.1 Å². The molecule has 3 aliphatic heterocycles. The number of halogens is 5. The van der Waals surface area contributed by atoms with Gasteiger partial charge in [0.05, 0.1) is 74.5 Å². The summed E-state index contributed by atoms with van der Waals surface area (Å²) in [6.07, 6.45) is 30.0. The predicted octanol–water partition coefficient (Wildman–Crippen LogP) is 16.3. The molecule has 0 unspecified atom stereocenters. The van der Waals surface area contributed by atoms with Gasteiger partial charge in [0.1, 0.15) is 11.6 Å². The third kappa shape index (κ3) is 22.9. The van der Waals surface area contributed by atoms with Crippen molar-refractivity contribution in [2.75, 3.05) is 133 Å². The van der Waals surface area contributed by atoms with Crippen molar-refractivity contribution in [3.05, 3.63) is 222 Å². The number of piperidine rings is 3. The molecule has 584 valence electrons. The van der Waals surface area contributed by atoms with Gasteiger partial charge in [-0.15, -0.1) is 0 Å². The Kier molecular flexibility index (Phi) is 28.8. The summed E-state index contributed by atoms with van der Waals surface area (Å²) in [7, 11) is 7.82. The first-order chi connectivity index (χ1) is 54.9. The van der Waals surface area contributed by atoms with Crippen LogP contribution in [0.3, 0.4) is 0 Å². The summed E-state index contributed by atoms with van der Waals surface area (Å²) < 4.78 is 0. The van der Waals surface area contributed by atoms with Crippen molar-refractivity contribution in [1.29, 1.82) is 0 Å². The molecule has 0 saturated carbocycles. The minimum absolute atomic E-state index is 0.156. The normalized spacial score (nSPS) is 15.7. The highest BCUT2D eigenvalue weighted by molar-refractivity contribution is 9.09. The van der Waals surface area contributed by atoms with Crippen molar-refractivity contribution in [3.8, 4) is 33.8 Å². The quantitative estimate of drug-likeness (QED) is 0.0132. The maximum absolute atomic E-state index is 12.1. The van der Waals surface area contributed by atoms with E-state index in [9.17, 15) is 14.4 Å². The zero-order valence-electron chi connectivity index (χ0n) is 63.0. The fourth-order valence-electron chi connectivity index (χ4n) is 13.4. The van der Waals surface area contributed by atoms with Crippen LogP contribution in [-0.4, -0.2) is 186 Å². The number of pyridine rings is 2. The topological polar surface area (TPSA) is 304 Å². The van der Waals surface area contributed by atoms with Crippen molar-refractivity contribution in [2.45, 2.75) is 56.7 Å². The number of nitrogens with two attached hydrogens (primary N) is 1. The fraction of sp³-hybridized carbons (Fsp3) is 0.265. The van der Waals surface area contributed by atoms with Gasteiger partial charge >= 0.3 is 0 Å². The highest BCUT2D eigenvalue weighted by Crippen LogP contribution is 2.37. The molecule has 0 aliphatic carbocycles. The number of hydrogen-bond donors (Lipinski definition) is 9. The molecule has 0 bridgehead atoms. The van der Waals surface area contributed by atoms with Crippen LogP contribution in [0.2, 0.25) is 15.1 Å². The predicted molar refractivity (Wildman–Crippen MR) is 465 cm³/mol. The average Bonchev–Trinajstić information content (AvgIpc) is 1.70. The highest BCUT2D eigenvalue weighted by Gasteiger charge is 2.27. The summed E-state index contributed by atoms with van der Waals surface area (Å²) in [5, 5.41) is 21.2. The van der Waals surface area contributed by atoms with E-state index >= 15 is 0 Å². The molecule has 11 heterocycles. The number of nitrogen functional groups attached to an aromatic ring is 1. The van der Waals surface area contributed by atoms with Gasteiger partial charge in [0.15, 0.2) is 0 Å². The number of amides is 2. The first-order valence-corrected chi connectivity index (χ1v) is 39.8. The third-order valence-corrected chi connectivity index (χ3v) is 20.1. The lowest BCUT2D eigenvalue weighted by Gasteiger charge is -2.34. The van der Waals surface area contributed by atoms with E-state index < -0.39 is 5.24 Å². The number of benzene rings is 4. The number of nitrogens with zero attached hydrogens (tertiary/aromatic N) is 13. The summed E-state index contributed by atoms with van der Waals surface area (Å²) in [4.78, 5) is 91.5. The molecule has 4 aromatic carbocycles. The van der Waals surface area contributed by atoms with E-state index in [0.717, 1.165) is 150 Å². The Bertz CT molecular complexity index is 5050. The van der Waals surface area contributed by atoms with Crippen molar-refractivity contribution < 1.29 is 14.4 Å². The van der Waals surface area contributed by atoms with Gasteiger partial charge in [-0.25, -0.2) is 39.9 Å². The van der Waals surface area contributed by atoms with Crippen LogP contribution in [0.1, 0.15) is 38.5 Å². The molecule has 113 heavy (non-hydrogen) atoms. The zero-order chi connectivity index (χ0) is 79.2. The largest absolute Gasteiger partial charge is 0.399 e. The Hall–Kier alpha value is -11.0. The Morgan fingerprint density at radius 2 is 0.858 bits per heavy atom. The molecule has 3 fully saturated rings. The van der Waals surface area contributed by atoms with Gasteiger partial charge in [0.25, 0.3) is 0 Å². The molecule has 15 rings (SSSR count). The molecular weight excluding hydrogens is 1570 g/mol. The van der Waals surface area contributed by atoms with Crippen LogP contribution in [-0.2, 0) is 14.4 Å². The van der Waals surface area contributed by atoms with Crippen molar-refractivity contribution >= 4 is 164 Å². The molecule has 0 spiro atoms. The number of alkyl halides is 1. The number of nitrogens with one attached hydrogen (secondary N) is 8. The van der Waals surface area contributed by atoms with E-state index in [0.29, 0.717) is 74.1 Å². The number of aromatic amines is 3. The van der Waals surface area contributed by atoms with E-state index in [-0.39, 0.29) is 29.9 Å². The second-order valence-electron chi connectivity index (χ2n) is 27.8. The lowest BCUT2D eigenvalue weighted by molar-refractivity contribution is -0.112. The summed E-state index contributed by atoms with van der Waals surface area (Å²) >= 11 is 27.5. The number of H-pyrrole nitrogens is 3. The number of anilines is 9. The van der Waals surface area contributed by atoms with Crippen molar-refractivity contribution in [2.24, 2.45) is 0 Å². The van der Waals surface area contributed by atoms with Crippen LogP contribution in [0.5, 0.6) is 0 Å². The summed E-state index contributed by atoms with van der Waals surface area (Å²) in [6, 6.07) is 40.6. The smallest absolute Gasteiger partial charge is 0.248 e. The number of carbonyl (C=O) groups excluding carboxylic acids is 3. The molecule has 25 nitrogen and oxygen atoms in total. The van der Waals surface area contributed by atoms with Crippen LogP contribution >= 0.6 is 62.3 Å². The standard InChI is InChI=1S/2C28H31ClN8O.C23H23ClN6.C4H4BrClO/c2*1-36(2)13-6-10-26(38)33-19-11-12-25(31-15-19)37-14-5-7-20(18-37)34-28-32-17-23(29)27(35-28)22-16-30-24-9-4-3-8-21(22)24;24-20-13-27-23(29-22(20)19-12-26-21-6-2-1-5-18(19)21)28-16-4-3-11-30(14-16)17-9-7-15(25)8-10-17;5-3-1-2-4(6)7/h2*3-4,6,8-12,15-17,20,30H,5,7,13-14,18H2,1-2H3,(H,33,38)(H,32,34,35);1-2,5-10,12-13,16,26H,3-4,11,14,25H2,(H,27,28,29);1-2H,3H2/b2*10-6+;;2-1+/t2*20-;16-;/m111./s1. The van der Waals surface area contributed by atoms with Gasteiger partial charge in [-0.2, -0.15) is 0 Å². The van der Waals surface area contributed by atoms with E-state index in [2.05, 4.69) is 127 Å². The first-order valence-electron chi connectivity index (χ1n) is 37.1. The molecular formula is C83H89BrCl4N22O3. The molecule has 12 aromatic rings. The van der Waals surface area contributed by atoms with Crippen LogP contribution in [0.25, 0.3) is 66.5 Å². The minimum Gasteiger partial charge on any atom is -0.399 e. The summed E-state index contributed by atoms with van der Waals surface area (Å²) in [5.74, 6) is 3.11. The molecule has 10 N–H and O–H groups in total. The number of carbonyl (C=O) groups is 3. The molecule has 2 amide bonds. The molecule has 8 aromatic heterocycles. The Morgan fingerprint density at radius 1 is 0.487 bits per heavy atom. The van der Waals surface area contributed by atoms with Gasteiger partial charge in [0, 0.05) is 167 Å². The average molecular weight is 1660 g/mol. The van der Waals surface area contributed by atoms with Gasteiger partial charge in [-0.05, 0) is 151 Å². The lowest BCUT2D eigenvalue weighted by Crippen LogP contribution is -2.42. The maximum atomic E-state index is 12.1. The van der Waals surface area contributed by atoms with Crippen LogP contribution < -0.4 is 47.0 Å². The zero-order valence-corrected chi connectivity index (χ0v) is 67.6. The number of hydrogen-bond acceptors (Lipinski definition) is 20. The van der Waals surface area contributed by atoms with Gasteiger partial charge < -0.3 is 71.8 Å². The van der Waals surface area contributed by atoms with Gasteiger partial charge in [-0.3, -0.25) is 14.4 Å². The number of aromatic nitrogens is 11. The van der Waals surface area contributed by atoms with Crippen molar-refractivity contribution in [3.63, 3.8) is 0 Å². The second-order valence-corrected chi connectivity index (χ2v) is 30.0. The lowest BCUT2D eigenvalue weighted by atomic mass is 10.0. The monoisotopic (exact) mass is 1660 g/mol. The summed E-state index contributed by atoms with van der Waals surface area (Å²) in [6.45, 7) is 6.68. The maximum Gasteiger partial charge on any atom is 0.248 e. The van der Waals surface area contributed by atoms with Crippen LogP contribution in [0, 0.1) is 0 Å². The fourth-order valence-corrected chi connectivity index (χ4v) is 14.2. The van der Waals surface area contributed by atoms with Crippen LogP contribution in [0.4, 0.5) is 52.2 Å². The highest BCUT2D eigenvalue weighted by atomic mass is 79.9. The van der Waals surface area contributed by atoms with Crippen molar-refractivity contribution in [1.82, 2.24) is 64.6 Å². The number of fused-ring (bicyclic) bond motifs is 3. The number of likely N-dealkylation sites (N-methyl/N-ethyl adjacent to an activating group) is 2. The Labute approximate surface area is 684 Å². The minimum atomic E-state index is -0.431. The molecule has 3 atom stereocenters. The molecule has 3 saturated heterocycles. The first kappa shape index (κ1) is 81.5. The van der Waals surface area contributed by atoms with Crippen LogP contribution in [0.15, 0.2) is 207 Å². The van der Waals surface area contributed by atoms with E-state index in [1.807, 2.05) is 160 Å². The van der Waals surface area contributed by atoms with E-state index in [1.165, 1.54) is 23.9 Å². The Morgan fingerprint density at radius 3 is 1.20 bits per heavy atom. The van der Waals surface area contributed by atoms with Gasteiger partial charge in [-0.1, -0.05) is 124 Å². The van der Waals surface area contributed by atoms with Gasteiger partial charge in [0.2, 0.25) is 34.9 Å². The summed E-state index contributed by atoms with van der Waals surface area (Å²) in [5.41, 5.74) is 17.3. The van der Waals surface area contributed by atoms with E-state index in [4.69, 9.17) is 67.1 Å². The molecule has 30 heteroatoms. The molecule has 3 aliphatic rings. The number of allylic oxidation sites excluding steroid dienone is 2. The number of para-hydroxylation sites is 3. The Balaban J connectivity index is 0.000000151. The number of rotatable bonds is 22. The third-order valence-electron chi connectivity index (χ3n) is 18.8. The SMILES string of the molecule is CN(C)C/C=C/C(=O)Nc1ccc(N2CCC[C@@H](Nc3ncc(Cl)c(-c4c[nH]c5ccccc45)n3)C2)nc1.CN(C)C/C=C/C(=O)Nc1ccc(N2CCC[C@@H](Nc3ncc(Cl)c(-c4c[nH]c5ccccc45)n3)C2)nc1.Nc1ccc(N2CCC[C@@H](Nc3ncc(Cl)c(-c4c[nH]c5ccccc45)n3)C2)cc1.O=C(Cl)/C=C/CBr. The molecule has 0 radical (unpaired) electrons.